The van der Waals surface area contributed by atoms with Crippen molar-refractivity contribution in [1.29, 1.82) is 0 Å². The van der Waals surface area contributed by atoms with Crippen LogP contribution in [0.25, 0.3) is 0 Å². The molecule has 0 amide bonds. The highest BCUT2D eigenvalue weighted by Crippen LogP contribution is 2.05. The number of hydrogen-bond donors (Lipinski definition) is 2. The summed E-state index contributed by atoms with van der Waals surface area (Å²) in [6, 6.07) is 1.41. The molecule has 14 heavy (non-hydrogen) atoms. The summed E-state index contributed by atoms with van der Waals surface area (Å²) in [5.74, 6) is 0. The fourth-order valence-corrected chi connectivity index (χ4v) is 2.06. The average Bonchev–Trinajstić information content (AvgIpc) is 2.08. The maximum atomic E-state index is 3.61. The Balaban J connectivity index is 1.71. The van der Waals surface area contributed by atoms with Gasteiger partial charge in [-0.3, -0.25) is 4.90 Å². The SMILES string of the molecule is CN1CCN(C)C(CNC2CNC2)C1. The lowest BCUT2D eigenvalue weighted by molar-refractivity contribution is 0.109. The van der Waals surface area contributed by atoms with Crippen molar-refractivity contribution < 1.29 is 0 Å². The smallest absolute Gasteiger partial charge is 0.0345 e. The van der Waals surface area contributed by atoms with E-state index in [1.165, 1.54) is 19.6 Å². The van der Waals surface area contributed by atoms with Gasteiger partial charge in [-0.25, -0.2) is 0 Å². The maximum Gasteiger partial charge on any atom is 0.0345 e. The zero-order valence-corrected chi connectivity index (χ0v) is 9.29. The van der Waals surface area contributed by atoms with Crippen LogP contribution in [-0.4, -0.2) is 75.2 Å². The van der Waals surface area contributed by atoms with Gasteiger partial charge in [0.05, 0.1) is 0 Å². The Bertz CT molecular complexity index is 181. The third-order valence-electron chi connectivity index (χ3n) is 3.40. The molecule has 2 aliphatic heterocycles. The topological polar surface area (TPSA) is 30.5 Å². The highest BCUT2D eigenvalue weighted by Gasteiger charge is 2.24. The zero-order chi connectivity index (χ0) is 9.97. The average molecular weight is 198 g/mol. The Labute approximate surface area is 86.6 Å². The minimum Gasteiger partial charge on any atom is -0.314 e. The number of nitrogens with zero attached hydrogens (tertiary/aromatic N) is 2. The van der Waals surface area contributed by atoms with Gasteiger partial charge >= 0.3 is 0 Å². The first-order chi connectivity index (χ1) is 6.75. The lowest BCUT2D eigenvalue weighted by atomic mass is 10.1. The fraction of sp³-hybridized carbons (Fsp3) is 1.00. The Morgan fingerprint density at radius 1 is 1.29 bits per heavy atom. The van der Waals surface area contributed by atoms with E-state index >= 15 is 0 Å². The van der Waals surface area contributed by atoms with E-state index in [1.807, 2.05) is 0 Å². The molecule has 1 unspecified atom stereocenters. The zero-order valence-electron chi connectivity index (χ0n) is 9.29. The first kappa shape index (κ1) is 10.4. The maximum absolute atomic E-state index is 3.61. The van der Waals surface area contributed by atoms with Gasteiger partial charge in [-0.15, -0.1) is 0 Å². The van der Waals surface area contributed by atoms with Crippen LogP contribution in [0.5, 0.6) is 0 Å². The molecule has 1 atom stereocenters. The Kier molecular flexibility index (Phi) is 3.38. The van der Waals surface area contributed by atoms with Gasteiger partial charge in [-0.2, -0.15) is 0 Å². The van der Waals surface area contributed by atoms with Crippen LogP contribution in [0.15, 0.2) is 0 Å². The van der Waals surface area contributed by atoms with E-state index in [4.69, 9.17) is 0 Å². The predicted molar refractivity (Wildman–Crippen MR) is 58.6 cm³/mol. The molecule has 0 saturated carbocycles. The van der Waals surface area contributed by atoms with Gasteiger partial charge in [0, 0.05) is 51.4 Å². The molecular weight excluding hydrogens is 176 g/mol. The molecule has 2 saturated heterocycles. The van der Waals surface area contributed by atoms with E-state index in [0.29, 0.717) is 6.04 Å². The first-order valence-corrected chi connectivity index (χ1v) is 5.58. The van der Waals surface area contributed by atoms with Gasteiger partial charge in [-0.05, 0) is 14.1 Å². The molecule has 2 aliphatic rings. The van der Waals surface area contributed by atoms with Crippen molar-refractivity contribution in [3.8, 4) is 0 Å². The summed E-state index contributed by atoms with van der Waals surface area (Å²) in [7, 11) is 4.45. The molecule has 82 valence electrons. The van der Waals surface area contributed by atoms with E-state index in [1.54, 1.807) is 0 Å². The number of likely N-dealkylation sites (N-methyl/N-ethyl adjacent to an activating group) is 2. The highest BCUT2D eigenvalue weighted by molar-refractivity contribution is 4.86. The van der Waals surface area contributed by atoms with Gasteiger partial charge in [0.1, 0.15) is 0 Å². The lowest BCUT2D eigenvalue weighted by Gasteiger charge is -2.39. The van der Waals surface area contributed by atoms with Gasteiger partial charge in [0.15, 0.2) is 0 Å². The monoisotopic (exact) mass is 198 g/mol. The van der Waals surface area contributed by atoms with Crippen molar-refractivity contribution in [2.24, 2.45) is 0 Å². The molecule has 0 aromatic carbocycles. The molecule has 0 radical (unpaired) electrons. The molecule has 0 aliphatic carbocycles. The number of piperazine rings is 1. The molecule has 0 spiro atoms. The third-order valence-corrected chi connectivity index (χ3v) is 3.40. The summed E-state index contributed by atoms with van der Waals surface area (Å²) < 4.78 is 0. The van der Waals surface area contributed by atoms with Crippen LogP contribution in [0.1, 0.15) is 0 Å². The van der Waals surface area contributed by atoms with Crippen LogP contribution in [0.3, 0.4) is 0 Å². The van der Waals surface area contributed by atoms with Crippen molar-refractivity contribution in [2.45, 2.75) is 12.1 Å². The molecule has 2 rings (SSSR count). The predicted octanol–water partition coefficient (Wildman–Crippen LogP) is -1.21. The molecule has 4 nitrogen and oxygen atoms in total. The second-order valence-electron chi connectivity index (χ2n) is 4.66. The van der Waals surface area contributed by atoms with Crippen molar-refractivity contribution in [2.75, 3.05) is 53.4 Å². The minimum atomic E-state index is 0.689. The molecular formula is C10H22N4. The number of hydrogen-bond acceptors (Lipinski definition) is 4. The van der Waals surface area contributed by atoms with Crippen LogP contribution in [0, 0.1) is 0 Å². The van der Waals surface area contributed by atoms with E-state index < -0.39 is 0 Å². The standard InChI is InChI=1S/C10H22N4/c1-13-3-4-14(2)10(8-13)7-12-9-5-11-6-9/h9-12H,3-8H2,1-2H3. The van der Waals surface area contributed by atoms with Gasteiger partial charge in [0.25, 0.3) is 0 Å². The fourth-order valence-electron chi connectivity index (χ4n) is 2.06. The molecule has 4 heteroatoms. The van der Waals surface area contributed by atoms with E-state index in [2.05, 4.69) is 34.5 Å². The Hall–Kier alpha value is -0.160. The van der Waals surface area contributed by atoms with Crippen molar-refractivity contribution in [3.63, 3.8) is 0 Å². The largest absolute Gasteiger partial charge is 0.314 e. The molecule has 2 N–H and O–H groups in total. The van der Waals surface area contributed by atoms with E-state index in [0.717, 1.165) is 25.7 Å². The second kappa shape index (κ2) is 4.57. The van der Waals surface area contributed by atoms with E-state index in [9.17, 15) is 0 Å². The van der Waals surface area contributed by atoms with Crippen molar-refractivity contribution >= 4 is 0 Å². The first-order valence-electron chi connectivity index (χ1n) is 5.58. The summed E-state index contributed by atoms with van der Waals surface area (Å²) in [4.78, 5) is 4.89. The molecule has 2 heterocycles. The number of rotatable bonds is 3. The summed E-state index contributed by atoms with van der Waals surface area (Å²) in [6.45, 7) is 7.03. The summed E-state index contributed by atoms with van der Waals surface area (Å²) in [5.41, 5.74) is 0. The van der Waals surface area contributed by atoms with Crippen LogP contribution in [-0.2, 0) is 0 Å². The molecule has 0 bridgehead atoms. The van der Waals surface area contributed by atoms with Crippen LogP contribution in [0.4, 0.5) is 0 Å². The lowest BCUT2D eigenvalue weighted by Crippen LogP contribution is -2.60. The van der Waals surface area contributed by atoms with Crippen LogP contribution in [0.2, 0.25) is 0 Å². The number of nitrogens with one attached hydrogen (secondary N) is 2. The van der Waals surface area contributed by atoms with Crippen LogP contribution >= 0.6 is 0 Å². The minimum absolute atomic E-state index is 0.689. The summed E-state index contributed by atoms with van der Waals surface area (Å²) in [6.07, 6.45) is 0. The Morgan fingerprint density at radius 3 is 2.71 bits per heavy atom. The Morgan fingerprint density at radius 2 is 2.07 bits per heavy atom. The van der Waals surface area contributed by atoms with Crippen LogP contribution < -0.4 is 10.6 Å². The third kappa shape index (κ3) is 2.45. The summed E-state index contributed by atoms with van der Waals surface area (Å²) >= 11 is 0. The van der Waals surface area contributed by atoms with Crippen molar-refractivity contribution in [3.05, 3.63) is 0 Å². The quantitative estimate of drug-likeness (QED) is 0.596. The van der Waals surface area contributed by atoms with Gasteiger partial charge < -0.3 is 15.5 Å². The highest BCUT2D eigenvalue weighted by atomic mass is 15.3. The second-order valence-corrected chi connectivity index (χ2v) is 4.66. The van der Waals surface area contributed by atoms with Gasteiger partial charge in [0.2, 0.25) is 0 Å². The normalized spacial score (nSPS) is 31.7. The van der Waals surface area contributed by atoms with Gasteiger partial charge in [-0.1, -0.05) is 0 Å². The molecule has 0 aromatic rings. The molecule has 0 aromatic heterocycles. The van der Waals surface area contributed by atoms with E-state index in [-0.39, 0.29) is 0 Å². The summed E-state index contributed by atoms with van der Waals surface area (Å²) in [5, 5.41) is 6.89. The van der Waals surface area contributed by atoms with Crippen molar-refractivity contribution in [1.82, 2.24) is 20.4 Å². The molecule has 2 fully saturated rings.